The summed E-state index contributed by atoms with van der Waals surface area (Å²) in [7, 11) is 0. The molecule has 0 aliphatic rings. The lowest BCUT2D eigenvalue weighted by atomic mass is 10.2. The van der Waals surface area contributed by atoms with E-state index in [0.717, 1.165) is 4.90 Å². The van der Waals surface area contributed by atoms with Crippen molar-refractivity contribution in [1.29, 1.82) is 0 Å². The van der Waals surface area contributed by atoms with E-state index in [1.54, 1.807) is 50.4 Å². The van der Waals surface area contributed by atoms with E-state index in [-0.39, 0.29) is 35.5 Å². The van der Waals surface area contributed by atoms with Crippen molar-refractivity contribution in [2.45, 2.75) is 26.5 Å². The predicted octanol–water partition coefficient (Wildman–Crippen LogP) is 3.26. The second-order valence-electron chi connectivity index (χ2n) is 7.21. The molecule has 4 N–H and O–H groups in total. The SMILES string of the molecule is CC(C)OC(=O)N(c1c(N)ncnc1N)c1nn(Cc2ccccc2F)c2ncccc12. The van der Waals surface area contributed by atoms with Crippen LogP contribution in [0.2, 0.25) is 0 Å². The molecule has 0 spiro atoms. The number of halogens is 1. The first-order chi connectivity index (χ1) is 15.4. The third kappa shape index (κ3) is 3.87. The number of anilines is 4. The molecule has 164 valence electrons. The molecule has 0 radical (unpaired) electrons. The van der Waals surface area contributed by atoms with Crippen LogP contribution in [0.4, 0.5) is 32.3 Å². The molecular weight excluding hydrogens is 415 g/mol. The smallest absolute Gasteiger partial charge is 0.420 e. The van der Waals surface area contributed by atoms with Crippen molar-refractivity contribution in [2.24, 2.45) is 0 Å². The number of carbonyl (C=O) groups excluding carboxylic acids is 1. The standard InChI is InChI=1S/C21H21FN8O2/c1-12(2)32-21(31)30(16-17(23)26-11-27-18(16)24)20-14-7-5-9-25-19(14)29(28-20)10-13-6-3-4-8-15(13)22/h3-9,11-12H,10H2,1-2H3,(H4,23,24,26,27). The normalized spacial score (nSPS) is 11.1. The number of pyridine rings is 1. The van der Waals surface area contributed by atoms with Gasteiger partial charge in [-0.1, -0.05) is 18.2 Å². The molecule has 3 aromatic heterocycles. The van der Waals surface area contributed by atoms with Crippen LogP contribution in [0.5, 0.6) is 0 Å². The summed E-state index contributed by atoms with van der Waals surface area (Å²) in [6.07, 6.45) is 1.57. The van der Waals surface area contributed by atoms with E-state index < -0.39 is 12.2 Å². The number of fused-ring (bicyclic) bond motifs is 1. The molecule has 0 aliphatic carbocycles. The number of benzene rings is 1. The number of hydrogen-bond donors (Lipinski definition) is 2. The van der Waals surface area contributed by atoms with E-state index >= 15 is 0 Å². The number of ether oxygens (including phenoxy) is 1. The Hall–Kier alpha value is -4.28. The summed E-state index contributed by atoms with van der Waals surface area (Å²) in [5.41, 5.74) is 13.0. The van der Waals surface area contributed by atoms with E-state index in [9.17, 15) is 9.18 Å². The van der Waals surface area contributed by atoms with E-state index in [4.69, 9.17) is 16.2 Å². The Bertz CT molecular complexity index is 1270. The van der Waals surface area contributed by atoms with Gasteiger partial charge in [0, 0.05) is 11.8 Å². The van der Waals surface area contributed by atoms with Crippen molar-refractivity contribution >= 4 is 40.3 Å². The van der Waals surface area contributed by atoms with Crippen molar-refractivity contribution in [3.8, 4) is 0 Å². The van der Waals surface area contributed by atoms with Gasteiger partial charge in [0.2, 0.25) is 0 Å². The maximum atomic E-state index is 14.3. The van der Waals surface area contributed by atoms with Crippen LogP contribution in [-0.2, 0) is 11.3 Å². The highest BCUT2D eigenvalue weighted by molar-refractivity contribution is 6.06. The molecule has 0 unspecified atom stereocenters. The monoisotopic (exact) mass is 436 g/mol. The van der Waals surface area contributed by atoms with Crippen molar-refractivity contribution in [2.75, 3.05) is 16.4 Å². The molecule has 32 heavy (non-hydrogen) atoms. The average molecular weight is 436 g/mol. The summed E-state index contributed by atoms with van der Waals surface area (Å²) in [5.74, 6) is -0.282. The Labute approximate surface area is 182 Å². The van der Waals surface area contributed by atoms with Gasteiger partial charge in [0.05, 0.1) is 18.0 Å². The minimum atomic E-state index is -0.769. The van der Waals surface area contributed by atoms with Gasteiger partial charge in [-0.15, -0.1) is 0 Å². The molecule has 0 fully saturated rings. The summed E-state index contributed by atoms with van der Waals surface area (Å²) < 4.78 is 21.2. The largest absolute Gasteiger partial charge is 0.446 e. The predicted molar refractivity (Wildman–Crippen MR) is 118 cm³/mol. The molecular formula is C21H21FN8O2. The van der Waals surface area contributed by atoms with Gasteiger partial charge < -0.3 is 16.2 Å². The zero-order valence-corrected chi connectivity index (χ0v) is 17.4. The fraction of sp³-hybridized carbons (Fsp3) is 0.190. The number of hydrogen-bond acceptors (Lipinski definition) is 8. The number of nitrogens with zero attached hydrogens (tertiary/aromatic N) is 6. The topological polar surface area (TPSA) is 138 Å². The molecule has 10 nitrogen and oxygen atoms in total. The van der Waals surface area contributed by atoms with Gasteiger partial charge >= 0.3 is 6.09 Å². The first-order valence-electron chi connectivity index (χ1n) is 9.78. The Balaban J connectivity index is 1.92. The van der Waals surface area contributed by atoms with Crippen molar-refractivity contribution in [3.63, 3.8) is 0 Å². The Morgan fingerprint density at radius 3 is 2.53 bits per heavy atom. The van der Waals surface area contributed by atoms with E-state index in [1.165, 1.54) is 17.1 Å². The first kappa shape index (κ1) is 21.0. The van der Waals surface area contributed by atoms with Crippen LogP contribution in [0.3, 0.4) is 0 Å². The van der Waals surface area contributed by atoms with Gasteiger partial charge in [-0.05, 0) is 32.0 Å². The lowest BCUT2D eigenvalue weighted by molar-refractivity contribution is 0.125. The molecule has 4 rings (SSSR count). The van der Waals surface area contributed by atoms with Gasteiger partial charge in [0.25, 0.3) is 0 Å². The number of aromatic nitrogens is 5. The summed E-state index contributed by atoms with van der Waals surface area (Å²) in [4.78, 5) is 26.5. The Morgan fingerprint density at radius 2 is 1.84 bits per heavy atom. The third-order valence-electron chi connectivity index (χ3n) is 4.60. The van der Waals surface area contributed by atoms with Crippen LogP contribution in [0.15, 0.2) is 48.9 Å². The van der Waals surface area contributed by atoms with E-state index in [2.05, 4.69) is 20.1 Å². The van der Waals surface area contributed by atoms with E-state index in [1.807, 2.05) is 0 Å². The van der Waals surface area contributed by atoms with Crippen LogP contribution in [0.25, 0.3) is 11.0 Å². The first-order valence-corrected chi connectivity index (χ1v) is 9.78. The molecule has 1 amide bonds. The fourth-order valence-corrected chi connectivity index (χ4v) is 3.23. The van der Waals surface area contributed by atoms with Crippen molar-refractivity contribution in [3.05, 3.63) is 60.3 Å². The van der Waals surface area contributed by atoms with Crippen LogP contribution in [-0.4, -0.2) is 36.9 Å². The summed E-state index contributed by atoms with van der Waals surface area (Å²) >= 11 is 0. The summed E-state index contributed by atoms with van der Waals surface area (Å²) in [5, 5.41) is 5.07. The molecule has 4 aromatic rings. The molecule has 0 bridgehead atoms. The van der Waals surface area contributed by atoms with Gasteiger partial charge in [0.15, 0.2) is 23.1 Å². The molecule has 0 atom stereocenters. The molecule has 0 aliphatic heterocycles. The molecule has 0 saturated heterocycles. The van der Waals surface area contributed by atoms with Crippen LogP contribution < -0.4 is 16.4 Å². The highest BCUT2D eigenvalue weighted by atomic mass is 19.1. The highest BCUT2D eigenvalue weighted by Crippen LogP contribution is 2.37. The average Bonchev–Trinajstić information content (AvgIpc) is 3.10. The number of carbonyl (C=O) groups is 1. The van der Waals surface area contributed by atoms with Gasteiger partial charge in [-0.3, -0.25) is 0 Å². The summed E-state index contributed by atoms with van der Waals surface area (Å²) in [6.45, 7) is 3.50. The number of nitrogens with two attached hydrogens (primary N) is 2. The Morgan fingerprint density at radius 1 is 1.12 bits per heavy atom. The minimum absolute atomic E-state index is 0.0288. The summed E-state index contributed by atoms with van der Waals surface area (Å²) in [6, 6.07) is 9.78. The van der Waals surface area contributed by atoms with Crippen LogP contribution in [0, 0.1) is 5.82 Å². The van der Waals surface area contributed by atoms with Gasteiger partial charge in [-0.25, -0.2) is 33.7 Å². The minimum Gasteiger partial charge on any atom is -0.446 e. The third-order valence-corrected chi connectivity index (χ3v) is 4.60. The number of amides is 1. The molecule has 0 saturated carbocycles. The second-order valence-corrected chi connectivity index (χ2v) is 7.21. The zero-order valence-electron chi connectivity index (χ0n) is 17.4. The highest BCUT2D eigenvalue weighted by Gasteiger charge is 2.31. The molecule has 11 heteroatoms. The zero-order chi connectivity index (χ0) is 22.8. The number of nitrogen functional groups attached to an aromatic ring is 2. The van der Waals surface area contributed by atoms with Crippen LogP contribution >= 0.6 is 0 Å². The second kappa shape index (κ2) is 8.46. The van der Waals surface area contributed by atoms with Gasteiger partial charge in [0.1, 0.15) is 17.8 Å². The van der Waals surface area contributed by atoms with Crippen molar-refractivity contribution < 1.29 is 13.9 Å². The number of rotatable bonds is 5. The lowest BCUT2D eigenvalue weighted by Crippen LogP contribution is -2.31. The molecule has 3 heterocycles. The van der Waals surface area contributed by atoms with Gasteiger partial charge in [-0.2, -0.15) is 5.10 Å². The lowest BCUT2D eigenvalue weighted by Gasteiger charge is -2.23. The molecule has 1 aromatic carbocycles. The maximum Gasteiger partial charge on any atom is 0.420 e. The Kier molecular flexibility index (Phi) is 5.54. The quantitative estimate of drug-likeness (QED) is 0.486. The fourth-order valence-electron chi connectivity index (χ4n) is 3.23. The van der Waals surface area contributed by atoms with Crippen molar-refractivity contribution in [1.82, 2.24) is 24.7 Å². The maximum absolute atomic E-state index is 14.3. The van der Waals surface area contributed by atoms with E-state index in [0.29, 0.717) is 16.6 Å². The van der Waals surface area contributed by atoms with Crippen LogP contribution in [0.1, 0.15) is 19.4 Å².